The normalized spacial score (nSPS) is 12.7. The Balaban J connectivity index is 1.42. The van der Waals surface area contributed by atoms with Crippen molar-refractivity contribution in [3.05, 3.63) is 102 Å². The molecule has 1 aromatic heterocycles. The number of hydrogen-bond acceptors (Lipinski definition) is 5. The summed E-state index contributed by atoms with van der Waals surface area (Å²) in [5, 5.41) is 14.2. The van der Waals surface area contributed by atoms with Gasteiger partial charge in [0.05, 0.1) is 26.9 Å². The van der Waals surface area contributed by atoms with Crippen LogP contribution < -0.4 is 19.5 Å². The number of methoxy groups -OCH3 is 2. The fraction of sp³-hybridized carbons (Fsp3) is 0.182. The van der Waals surface area contributed by atoms with Crippen LogP contribution in [0.4, 0.5) is 4.39 Å². The number of carbonyl (C=O) groups is 1. The first-order chi connectivity index (χ1) is 20.0. The van der Waals surface area contributed by atoms with Gasteiger partial charge in [0.1, 0.15) is 18.2 Å². The molecule has 1 atom stereocenters. The van der Waals surface area contributed by atoms with E-state index in [-0.39, 0.29) is 24.3 Å². The van der Waals surface area contributed by atoms with Crippen molar-refractivity contribution in [3.63, 3.8) is 0 Å². The van der Waals surface area contributed by atoms with E-state index in [4.69, 9.17) is 14.2 Å². The van der Waals surface area contributed by atoms with Gasteiger partial charge >= 0.3 is 0 Å². The van der Waals surface area contributed by atoms with Gasteiger partial charge in [-0.05, 0) is 53.9 Å². The van der Waals surface area contributed by atoms with Gasteiger partial charge in [0.15, 0.2) is 11.5 Å². The first-order valence-corrected chi connectivity index (χ1v) is 13.3. The van der Waals surface area contributed by atoms with Crippen LogP contribution in [-0.2, 0) is 13.0 Å². The number of para-hydroxylation sites is 1. The number of rotatable bonds is 8. The molecule has 0 radical (unpaired) electrons. The number of halogens is 1. The molecule has 0 spiro atoms. The van der Waals surface area contributed by atoms with Crippen molar-refractivity contribution >= 4 is 16.8 Å². The number of H-pyrrole nitrogens is 1. The molecule has 6 rings (SSSR count). The maximum Gasteiger partial charge on any atom is 0.252 e. The van der Waals surface area contributed by atoms with Crippen LogP contribution in [0, 0.1) is 5.82 Å². The first kappa shape index (κ1) is 26.4. The van der Waals surface area contributed by atoms with E-state index in [1.807, 2.05) is 42.6 Å². The van der Waals surface area contributed by atoms with Gasteiger partial charge in [-0.15, -0.1) is 0 Å². The van der Waals surface area contributed by atoms with Crippen LogP contribution in [0.1, 0.15) is 21.5 Å². The summed E-state index contributed by atoms with van der Waals surface area (Å²) < 4.78 is 32.1. The summed E-state index contributed by atoms with van der Waals surface area (Å²) in [5.41, 5.74) is 5.26. The molecule has 41 heavy (non-hydrogen) atoms. The zero-order chi connectivity index (χ0) is 28.5. The van der Waals surface area contributed by atoms with Gasteiger partial charge in [-0.3, -0.25) is 4.79 Å². The Bertz CT molecular complexity index is 1760. The molecule has 0 aliphatic carbocycles. The van der Waals surface area contributed by atoms with Crippen LogP contribution in [0.25, 0.3) is 33.2 Å². The lowest BCUT2D eigenvalue weighted by molar-refractivity contribution is 0.0917. The van der Waals surface area contributed by atoms with Gasteiger partial charge in [0, 0.05) is 44.9 Å². The molecule has 4 aromatic carbocycles. The first-order valence-electron chi connectivity index (χ1n) is 13.3. The largest absolute Gasteiger partial charge is 0.493 e. The molecule has 1 aliphatic rings. The maximum absolute atomic E-state index is 15.1. The fourth-order valence-corrected chi connectivity index (χ4v) is 5.44. The van der Waals surface area contributed by atoms with E-state index in [1.54, 1.807) is 44.6 Å². The summed E-state index contributed by atoms with van der Waals surface area (Å²) >= 11 is 0. The SMILES string of the molecule is COc1cc2c(cc1OC)-c1cc(C(=O)N[C@@H](CO)Cc3c[nH]c4ccccc34)c(-c3ccccc3F)cc1OC2. The van der Waals surface area contributed by atoms with E-state index < -0.39 is 17.8 Å². The molecule has 7 nitrogen and oxygen atoms in total. The molecular formula is C33H29FN2O5. The van der Waals surface area contributed by atoms with Gasteiger partial charge < -0.3 is 29.6 Å². The van der Waals surface area contributed by atoms with Crippen LogP contribution in [0.2, 0.25) is 0 Å². The minimum absolute atomic E-state index is 0.262. The standard InChI is InChI=1S/C33H29FN2O5/c1-39-31-12-20-18-41-30-15-25(23-8-3-5-9-28(23)34)27(13-26(30)24(20)14-32(31)40-2)33(38)36-21(17-37)11-19-16-35-29-10-6-4-7-22(19)29/h3-10,12-16,21,35,37H,11,17-18H2,1-2H3,(H,36,38)/t21-/m1/s1. The lowest BCUT2D eigenvalue weighted by atomic mass is 9.90. The molecule has 8 heteroatoms. The number of nitrogens with one attached hydrogen (secondary N) is 2. The number of aromatic nitrogens is 1. The topological polar surface area (TPSA) is 92.8 Å². The van der Waals surface area contributed by atoms with Crippen LogP contribution in [0.5, 0.6) is 17.2 Å². The average Bonchev–Trinajstić information content (AvgIpc) is 3.42. The monoisotopic (exact) mass is 552 g/mol. The summed E-state index contributed by atoms with van der Waals surface area (Å²) in [4.78, 5) is 17.1. The van der Waals surface area contributed by atoms with E-state index in [0.717, 1.165) is 27.6 Å². The van der Waals surface area contributed by atoms with Crippen molar-refractivity contribution in [2.75, 3.05) is 20.8 Å². The number of benzene rings is 4. The van der Waals surface area contributed by atoms with Crippen molar-refractivity contribution in [3.8, 4) is 39.5 Å². The number of ether oxygens (including phenoxy) is 3. The molecule has 5 aromatic rings. The maximum atomic E-state index is 15.1. The zero-order valence-corrected chi connectivity index (χ0v) is 22.7. The highest BCUT2D eigenvalue weighted by molar-refractivity contribution is 6.03. The van der Waals surface area contributed by atoms with E-state index in [0.29, 0.717) is 34.8 Å². The molecule has 1 amide bonds. The summed E-state index contributed by atoms with van der Waals surface area (Å²) in [6.07, 6.45) is 2.30. The number of aromatic amines is 1. The Hall–Kier alpha value is -4.82. The lowest BCUT2D eigenvalue weighted by Crippen LogP contribution is -2.39. The van der Waals surface area contributed by atoms with E-state index in [2.05, 4.69) is 10.3 Å². The third-order valence-corrected chi connectivity index (χ3v) is 7.51. The number of aliphatic hydroxyl groups excluding tert-OH is 1. The van der Waals surface area contributed by atoms with Crippen molar-refractivity contribution in [2.45, 2.75) is 19.1 Å². The highest BCUT2D eigenvalue weighted by Crippen LogP contribution is 2.45. The second kappa shape index (κ2) is 11.0. The van der Waals surface area contributed by atoms with Gasteiger partial charge in [-0.25, -0.2) is 4.39 Å². The van der Waals surface area contributed by atoms with Gasteiger partial charge in [0.2, 0.25) is 0 Å². The fourth-order valence-electron chi connectivity index (χ4n) is 5.44. The molecule has 0 fully saturated rings. The second-order valence-corrected chi connectivity index (χ2v) is 9.94. The molecule has 208 valence electrons. The number of amides is 1. The predicted molar refractivity (Wildman–Crippen MR) is 155 cm³/mol. The molecule has 3 N–H and O–H groups in total. The van der Waals surface area contributed by atoms with Crippen molar-refractivity contribution in [1.82, 2.24) is 10.3 Å². The van der Waals surface area contributed by atoms with Crippen molar-refractivity contribution < 1.29 is 28.5 Å². The Labute approximate surface area is 236 Å². The molecule has 0 saturated carbocycles. The van der Waals surface area contributed by atoms with Crippen LogP contribution in [0.3, 0.4) is 0 Å². The van der Waals surface area contributed by atoms with Gasteiger partial charge in [0.25, 0.3) is 5.91 Å². The smallest absolute Gasteiger partial charge is 0.252 e. The Morgan fingerprint density at radius 3 is 2.51 bits per heavy atom. The number of hydrogen-bond donors (Lipinski definition) is 3. The van der Waals surface area contributed by atoms with E-state index in [9.17, 15) is 9.90 Å². The second-order valence-electron chi connectivity index (χ2n) is 9.94. The zero-order valence-electron chi connectivity index (χ0n) is 22.7. The summed E-state index contributed by atoms with van der Waals surface area (Å²) in [5.74, 6) is 0.751. The summed E-state index contributed by atoms with van der Waals surface area (Å²) in [6, 6.07) is 20.7. The van der Waals surface area contributed by atoms with Gasteiger partial charge in [-0.2, -0.15) is 0 Å². The third kappa shape index (κ3) is 4.87. The molecule has 0 bridgehead atoms. The average molecular weight is 553 g/mol. The van der Waals surface area contributed by atoms with Crippen LogP contribution in [0.15, 0.2) is 79.0 Å². The molecule has 0 saturated heterocycles. The van der Waals surface area contributed by atoms with E-state index >= 15 is 4.39 Å². The third-order valence-electron chi connectivity index (χ3n) is 7.51. The molecule has 2 heterocycles. The lowest BCUT2D eigenvalue weighted by Gasteiger charge is -2.25. The van der Waals surface area contributed by atoms with Crippen LogP contribution >= 0.6 is 0 Å². The number of carbonyl (C=O) groups excluding carboxylic acids is 1. The minimum Gasteiger partial charge on any atom is -0.493 e. The van der Waals surface area contributed by atoms with E-state index in [1.165, 1.54) is 6.07 Å². The minimum atomic E-state index is -0.570. The Morgan fingerprint density at radius 2 is 1.73 bits per heavy atom. The Morgan fingerprint density at radius 1 is 0.976 bits per heavy atom. The highest BCUT2D eigenvalue weighted by Gasteiger charge is 2.27. The predicted octanol–water partition coefficient (Wildman–Crippen LogP) is 5.88. The Kier molecular flexibility index (Phi) is 7.07. The highest BCUT2D eigenvalue weighted by atomic mass is 19.1. The quantitative estimate of drug-likeness (QED) is 0.224. The number of fused-ring (bicyclic) bond motifs is 4. The summed E-state index contributed by atoms with van der Waals surface area (Å²) in [6.45, 7) is 0.0102. The number of aliphatic hydroxyl groups is 1. The molecular weight excluding hydrogens is 523 g/mol. The van der Waals surface area contributed by atoms with Gasteiger partial charge in [-0.1, -0.05) is 36.4 Å². The molecule has 1 aliphatic heterocycles. The van der Waals surface area contributed by atoms with Crippen molar-refractivity contribution in [2.24, 2.45) is 0 Å². The molecule has 0 unspecified atom stereocenters. The summed E-state index contributed by atoms with van der Waals surface area (Å²) in [7, 11) is 3.13. The van der Waals surface area contributed by atoms with Crippen LogP contribution in [-0.4, -0.2) is 42.9 Å². The van der Waals surface area contributed by atoms with Crippen molar-refractivity contribution in [1.29, 1.82) is 0 Å².